The summed E-state index contributed by atoms with van der Waals surface area (Å²) in [4.78, 5) is 41.3. The summed E-state index contributed by atoms with van der Waals surface area (Å²) in [6, 6.07) is 26.2. The number of nitrogens with zero attached hydrogens (tertiary/aromatic N) is 1. The Morgan fingerprint density at radius 1 is 0.773 bits per heavy atom. The highest BCUT2D eigenvalue weighted by atomic mass is 19.4. The summed E-state index contributed by atoms with van der Waals surface area (Å²) >= 11 is 0. The van der Waals surface area contributed by atoms with E-state index in [2.05, 4.69) is 10.6 Å². The maximum atomic E-state index is 13.3. The third kappa shape index (κ3) is 7.33. The number of nitrogens with one attached hydrogen (secondary N) is 2. The van der Waals surface area contributed by atoms with Gasteiger partial charge in [-0.25, -0.2) is 0 Å². The second-order valence-corrected chi connectivity index (χ2v) is 10.3. The van der Waals surface area contributed by atoms with Gasteiger partial charge in [-0.2, -0.15) is 13.2 Å². The predicted octanol–water partition coefficient (Wildman–Crippen LogP) is 5.63. The molecule has 1 aliphatic heterocycles. The molecule has 3 amide bonds. The molecule has 0 spiro atoms. The van der Waals surface area contributed by atoms with Crippen LogP contribution in [-0.4, -0.2) is 48.9 Å². The van der Waals surface area contributed by atoms with Gasteiger partial charge in [0, 0.05) is 30.8 Å². The second-order valence-electron chi connectivity index (χ2n) is 10.3. The van der Waals surface area contributed by atoms with Crippen LogP contribution in [0.5, 0.6) is 0 Å². The van der Waals surface area contributed by atoms with Crippen molar-refractivity contribution in [3.63, 3.8) is 0 Å². The summed E-state index contributed by atoms with van der Waals surface area (Å²) in [6.45, 7) is 1.95. The Bertz CT molecular complexity index is 1600. The minimum Gasteiger partial charge on any atom is -0.378 e. The molecule has 10 heteroatoms. The van der Waals surface area contributed by atoms with Crippen molar-refractivity contribution in [2.24, 2.45) is 0 Å². The van der Waals surface area contributed by atoms with Crippen LogP contribution in [0.15, 0.2) is 103 Å². The molecule has 1 aliphatic rings. The highest BCUT2D eigenvalue weighted by Crippen LogP contribution is 2.32. The molecule has 0 bridgehead atoms. The molecular weight excluding hydrogens is 571 g/mol. The number of hydrogen-bond donors (Lipinski definition) is 2. The number of carbonyl (C=O) groups is 3. The first kappa shape index (κ1) is 30.5. The van der Waals surface area contributed by atoms with Crippen LogP contribution >= 0.6 is 0 Å². The zero-order valence-corrected chi connectivity index (χ0v) is 23.6. The normalized spacial score (nSPS) is 14.0. The highest BCUT2D eigenvalue weighted by molar-refractivity contribution is 6.01. The van der Waals surface area contributed by atoms with Gasteiger partial charge in [0.25, 0.3) is 11.8 Å². The van der Waals surface area contributed by atoms with E-state index in [0.717, 1.165) is 17.7 Å². The topological polar surface area (TPSA) is 87.7 Å². The molecule has 0 unspecified atom stereocenters. The van der Waals surface area contributed by atoms with Gasteiger partial charge >= 0.3 is 6.18 Å². The number of benzene rings is 4. The van der Waals surface area contributed by atoms with Gasteiger partial charge in [0.05, 0.1) is 18.8 Å². The molecule has 2 N–H and O–H groups in total. The maximum absolute atomic E-state index is 13.3. The summed E-state index contributed by atoms with van der Waals surface area (Å²) in [5.74, 6) is -1.01. The van der Waals surface area contributed by atoms with E-state index >= 15 is 0 Å². The van der Waals surface area contributed by atoms with Crippen LogP contribution in [0.25, 0.3) is 11.1 Å². The summed E-state index contributed by atoms with van der Waals surface area (Å²) in [6.07, 6.45) is -4.45. The fourth-order valence-electron chi connectivity index (χ4n) is 4.94. The van der Waals surface area contributed by atoms with Gasteiger partial charge in [-0.05, 0) is 52.6 Å². The number of carbonyl (C=O) groups excluding carboxylic acids is 3. The van der Waals surface area contributed by atoms with Gasteiger partial charge in [-0.15, -0.1) is 0 Å². The Labute approximate surface area is 252 Å². The third-order valence-electron chi connectivity index (χ3n) is 7.34. The lowest BCUT2D eigenvalue weighted by atomic mass is 9.98. The number of hydrogen-bond acceptors (Lipinski definition) is 4. The predicted molar refractivity (Wildman–Crippen MR) is 159 cm³/mol. The maximum Gasteiger partial charge on any atom is 0.416 e. The molecular formula is C34H30F3N3O4. The smallest absolute Gasteiger partial charge is 0.378 e. The SMILES string of the molecule is O=C(N[C@H](C(=O)N1CCOCC1)c1ccccc1)c1ccc(CNC(=O)c2ccccc2-c2ccc(C(F)(F)F)cc2)cc1. The van der Waals surface area contributed by atoms with Crippen LogP contribution < -0.4 is 10.6 Å². The quantitative estimate of drug-likeness (QED) is 0.274. The highest BCUT2D eigenvalue weighted by Gasteiger charge is 2.30. The van der Waals surface area contributed by atoms with Crippen LogP contribution in [0, 0.1) is 0 Å². The van der Waals surface area contributed by atoms with E-state index in [1.807, 2.05) is 18.2 Å². The van der Waals surface area contributed by atoms with E-state index in [9.17, 15) is 27.6 Å². The molecule has 0 aromatic heterocycles. The lowest BCUT2D eigenvalue weighted by Gasteiger charge is -2.31. The molecule has 1 fully saturated rings. The molecule has 0 saturated carbocycles. The second kappa shape index (κ2) is 13.6. The van der Waals surface area contributed by atoms with Crippen molar-refractivity contribution in [2.75, 3.05) is 26.3 Å². The Morgan fingerprint density at radius 2 is 1.41 bits per heavy atom. The monoisotopic (exact) mass is 601 g/mol. The Balaban J connectivity index is 1.24. The minimum atomic E-state index is -4.45. The van der Waals surface area contributed by atoms with Crippen molar-refractivity contribution in [1.82, 2.24) is 15.5 Å². The molecule has 0 aliphatic carbocycles. The Kier molecular flexibility index (Phi) is 9.40. The number of halogens is 3. The number of ether oxygens (including phenoxy) is 1. The summed E-state index contributed by atoms with van der Waals surface area (Å²) < 4.78 is 44.3. The van der Waals surface area contributed by atoms with Crippen LogP contribution in [-0.2, 0) is 22.3 Å². The average molecular weight is 602 g/mol. The molecule has 4 aromatic rings. The van der Waals surface area contributed by atoms with Gasteiger partial charge in [0.2, 0.25) is 5.91 Å². The van der Waals surface area contributed by atoms with Crippen molar-refractivity contribution < 1.29 is 32.3 Å². The fourth-order valence-corrected chi connectivity index (χ4v) is 4.94. The fraction of sp³-hybridized carbons (Fsp3) is 0.206. The lowest BCUT2D eigenvalue weighted by Crippen LogP contribution is -2.47. The number of alkyl halides is 3. The summed E-state index contributed by atoms with van der Waals surface area (Å²) in [5.41, 5.74) is 2.30. The van der Waals surface area contributed by atoms with E-state index in [1.54, 1.807) is 65.6 Å². The van der Waals surface area contributed by atoms with E-state index in [-0.39, 0.29) is 12.5 Å². The lowest BCUT2D eigenvalue weighted by molar-refractivity contribution is -0.138. The first-order valence-corrected chi connectivity index (χ1v) is 14.1. The average Bonchev–Trinajstić information content (AvgIpc) is 3.06. The van der Waals surface area contributed by atoms with Crippen molar-refractivity contribution in [2.45, 2.75) is 18.8 Å². The Morgan fingerprint density at radius 3 is 2.07 bits per heavy atom. The first-order valence-electron chi connectivity index (χ1n) is 14.1. The number of morpholine rings is 1. The molecule has 1 heterocycles. The van der Waals surface area contributed by atoms with Gasteiger partial charge in [-0.3, -0.25) is 14.4 Å². The minimum absolute atomic E-state index is 0.157. The van der Waals surface area contributed by atoms with Gasteiger partial charge in [0.1, 0.15) is 6.04 Å². The van der Waals surface area contributed by atoms with Crippen LogP contribution in [0.1, 0.15) is 43.4 Å². The van der Waals surface area contributed by atoms with E-state index in [1.165, 1.54) is 12.1 Å². The standard InChI is InChI=1S/C34H30F3N3O4/c35-34(36,37)27-16-14-24(15-17-27)28-8-4-5-9-29(28)32(42)38-22-23-10-12-26(13-11-23)31(41)39-30(25-6-2-1-3-7-25)33(43)40-18-20-44-21-19-40/h1-17,30H,18-22H2,(H,38,42)(H,39,41)/t30-/m0/s1. The zero-order chi connectivity index (χ0) is 31.1. The van der Waals surface area contributed by atoms with Crippen molar-refractivity contribution >= 4 is 17.7 Å². The van der Waals surface area contributed by atoms with E-state index in [4.69, 9.17) is 4.74 Å². The van der Waals surface area contributed by atoms with Crippen molar-refractivity contribution in [3.05, 3.63) is 131 Å². The summed E-state index contributed by atoms with van der Waals surface area (Å²) in [7, 11) is 0. The molecule has 0 radical (unpaired) electrons. The largest absolute Gasteiger partial charge is 0.416 e. The first-order chi connectivity index (χ1) is 21.2. The number of rotatable bonds is 8. The van der Waals surface area contributed by atoms with Gasteiger partial charge in [0.15, 0.2) is 0 Å². The molecule has 4 aromatic carbocycles. The zero-order valence-electron chi connectivity index (χ0n) is 23.6. The molecule has 1 atom stereocenters. The van der Waals surface area contributed by atoms with Crippen LogP contribution in [0.2, 0.25) is 0 Å². The Hall–Kier alpha value is -4.96. The van der Waals surface area contributed by atoms with E-state index in [0.29, 0.717) is 54.1 Å². The van der Waals surface area contributed by atoms with Crippen LogP contribution in [0.4, 0.5) is 13.2 Å². The van der Waals surface area contributed by atoms with Gasteiger partial charge in [-0.1, -0.05) is 72.8 Å². The van der Waals surface area contributed by atoms with Crippen LogP contribution in [0.3, 0.4) is 0 Å². The number of amides is 3. The third-order valence-corrected chi connectivity index (χ3v) is 7.34. The summed E-state index contributed by atoms with van der Waals surface area (Å²) in [5, 5.41) is 5.70. The van der Waals surface area contributed by atoms with Gasteiger partial charge < -0.3 is 20.3 Å². The molecule has 226 valence electrons. The molecule has 44 heavy (non-hydrogen) atoms. The molecule has 5 rings (SSSR count). The van der Waals surface area contributed by atoms with Crippen molar-refractivity contribution in [3.8, 4) is 11.1 Å². The molecule has 7 nitrogen and oxygen atoms in total. The molecule has 1 saturated heterocycles. The van der Waals surface area contributed by atoms with Crippen molar-refractivity contribution in [1.29, 1.82) is 0 Å². The van der Waals surface area contributed by atoms with E-state index < -0.39 is 29.6 Å².